The van der Waals surface area contributed by atoms with E-state index in [0.717, 1.165) is 10.8 Å². The molecule has 0 unspecified atom stereocenters. The van der Waals surface area contributed by atoms with E-state index in [2.05, 4.69) is 55.7 Å². The molecule has 1 saturated heterocycles. The molecule has 0 aromatic heterocycles. The van der Waals surface area contributed by atoms with Crippen LogP contribution in [0, 0.1) is 0 Å². The highest BCUT2D eigenvalue weighted by molar-refractivity contribution is 7.80. The molecule has 4 heteroatoms. The van der Waals surface area contributed by atoms with Crippen LogP contribution in [0.2, 0.25) is 0 Å². The number of quaternary nitrogens is 1. The number of hydrogen-bond acceptors (Lipinski definition) is 1. The van der Waals surface area contributed by atoms with Crippen molar-refractivity contribution in [2.24, 2.45) is 0 Å². The molecular formula is C18H30N3S+. The Labute approximate surface area is 140 Å². The molecule has 0 radical (unpaired) electrons. The molecule has 2 rings (SSSR count). The first-order valence-corrected chi connectivity index (χ1v) is 9.00. The smallest absolute Gasteiger partial charge is 0.171 e. The van der Waals surface area contributed by atoms with E-state index >= 15 is 0 Å². The van der Waals surface area contributed by atoms with E-state index in [4.69, 9.17) is 12.2 Å². The second-order valence-corrected chi connectivity index (χ2v) is 7.06. The summed E-state index contributed by atoms with van der Waals surface area (Å²) in [6.07, 6.45) is 3.70. The fourth-order valence-corrected chi connectivity index (χ4v) is 3.36. The molecule has 0 atom stereocenters. The minimum atomic E-state index is 0.524. The standard InChI is InChI=1S/C18H29N3S/c1-4-11-21-12-9-17(10-13-21)20-18(22)19-16-7-5-15(6-8-16)14(2)3/h5-8,14,17H,4,9-13H2,1-3H3,(H2,19,20,22)/p+1. The molecule has 1 aliphatic rings. The minimum absolute atomic E-state index is 0.524. The van der Waals surface area contributed by atoms with Gasteiger partial charge in [0.1, 0.15) is 0 Å². The maximum atomic E-state index is 5.45. The van der Waals surface area contributed by atoms with Crippen LogP contribution < -0.4 is 15.5 Å². The quantitative estimate of drug-likeness (QED) is 0.728. The van der Waals surface area contributed by atoms with Crippen LogP contribution in [-0.2, 0) is 0 Å². The summed E-state index contributed by atoms with van der Waals surface area (Å²) >= 11 is 5.45. The van der Waals surface area contributed by atoms with Gasteiger partial charge in [-0.3, -0.25) is 0 Å². The summed E-state index contributed by atoms with van der Waals surface area (Å²) < 4.78 is 0. The second-order valence-electron chi connectivity index (χ2n) is 6.65. The van der Waals surface area contributed by atoms with Crippen molar-refractivity contribution in [1.82, 2.24) is 5.32 Å². The van der Waals surface area contributed by atoms with Gasteiger partial charge in [0.15, 0.2) is 5.11 Å². The molecular weight excluding hydrogens is 290 g/mol. The number of hydrogen-bond donors (Lipinski definition) is 3. The van der Waals surface area contributed by atoms with Crippen molar-refractivity contribution in [1.29, 1.82) is 0 Å². The van der Waals surface area contributed by atoms with Crippen LogP contribution in [0.15, 0.2) is 24.3 Å². The highest BCUT2D eigenvalue weighted by atomic mass is 32.1. The van der Waals surface area contributed by atoms with Gasteiger partial charge in [-0.1, -0.05) is 32.9 Å². The van der Waals surface area contributed by atoms with Gasteiger partial charge in [-0.25, -0.2) is 0 Å². The monoisotopic (exact) mass is 320 g/mol. The van der Waals surface area contributed by atoms with Gasteiger partial charge < -0.3 is 15.5 Å². The summed E-state index contributed by atoms with van der Waals surface area (Å²) in [6.45, 7) is 10.5. The van der Waals surface area contributed by atoms with Gasteiger partial charge >= 0.3 is 0 Å². The SMILES string of the molecule is CCC[NH+]1CCC(NC(=S)Nc2ccc(C(C)C)cc2)CC1. The Morgan fingerprint density at radius 2 is 1.86 bits per heavy atom. The van der Waals surface area contributed by atoms with Crippen molar-refractivity contribution in [3.8, 4) is 0 Å². The van der Waals surface area contributed by atoms with Crippen molar-refractivity contribution in [2.45, 2.75) is 52.0 Å². The van der Waals surface area contributed by atoms with Crippen molar-refractivity contribution in [3.05, 3.63) is 29.8 Å². The summed E-state index contributed by atoms with van der Waals surface area (Å²) in [5, 5.41) is 7.53. The van der Waals surface area contributed by atoms with E-state index in [1.807, 2.05) is 0 Å². The normalized spacial score (nSPS) is 21.6. The van der Waals surface area contributed by atoms with Crippen LogP contribution in [-0.4, -0.2) is 30.8 Å². The molecule has 1 heterocycles. The Morgan fingerprint density at radius 3 is 2.41 bits per heavy atom. The largest absolute Gasteiger partial charge is 0.359 e. The third-order valence-corrected chi connectivity index (χ3v) is 4.69. The molecule has 0 aliphatic carbocycles. The first-order valence-electron chi connectivity index (χ1n) is 8.59. The molecule has 22 heavy (non-hydrogen) atoms. The van der Waals surface area contributed by atoms with Crippen LogP contribution in [0.25, 0.3) is 0 Å². The van der Waals surface area contributed by atoms with E-state index in [1.165, 1.54) is 44.5 Å². The molecule has 122 valence electrons. The minimum Gasteiger partial charge on any atom is -0.359 e. The Balaban J connectivity index is 1.76. The molecule has 0 spiro atoms. The summed E-state index contributed by atoms with van der Waals surface area (Å²) in [4.78, 5) is 1.74. The predicted octanol–water partition coefficient (Wildman–Crippen LogP) is 2.55. The van der Waals surface area contributed by atoms with E-state index in [1.54, 1.807) is 4.90 Å². The number of likely N-dealkylation sites (tertiary alicyclic amines) is 1. The third kappa shape index (κ3) is 5.25. The number of thiocarbonyl (C=S) groups is 1. The number of rotatable bonds is 5. The molecule has 0 saturated carbocycles. The van der Waals surface area contributed by atoms with Crippen molar-refractivity contribution >= 4 is 23.0 Å². The Morgan fingerprint density at radius 1 is 1.23 bits per heavy atom. The Kier molecular flexibility index (Phi) is 6.65. The Hall–Kier alpha value is -1.13. The van der Waals surface area contributed by atoms with Gasteiger partial charge in [0, 0.05) is 24.6 Å². The molecule has 3 N–H and O–H groups in total. The highest BCUT2D eigenvalue weighted by Crippen LogP contribution is 2.17. The molecule has 0 amide bonds. The van der Waals surface area contributed by atoms with Crippen LogP contribution in [0.5, 0.6) is 0 Å². The van der Waals surface area contributed by atoms with Gasteiger partial charge in [-0.05, 0) is 42.3 Å². The third-order valence-electron chi connectivity index (χ3n) is 4.47. The van der Waals surface area contributed by atoms with E-state index < -0.39 is 0 Å². The maximum Gasteiger partial charge on any atom is 0.171 e. The number of anilines is 1. The predicted molar refractivity (Wildman–Crippen MR) is 98.8 cm³/mol. The van der Waals surface area contributed by atoms with E-state index in [-0.39, 0.29) is 0 Å². The maximum absolute atomic E-state index is 5.45. The zero-order valence-corrected chi connectivity index (χ0v) is 14.9. The first kappa shape index (κ1) is 17.2. The van der Waals surface area contributed by atoms with Gasteiger partial charge in [0.25, 0.3) is 0 Å². The average molecular weight is 321 g/mol. The summed E-state index contributed by atoms with van der Waals surface area (Å²) in [7, 11) is 0. The van der Waals surface area contributed by atoms with Crippen molar-refractivity contribution in [3.63, 3.8) is 0 Å². The van der Waals surface area contributed by atoms with Gasteiger partial charge in [-0.2, -0.15) is 0 Å². The van der Waals surface area contributed by atoms with Crippen LogP contribution in [0.3, 0.4) is 0 Å². The van der Waals surface area contributed by atoms with Crippen molar-refractivity contribution in [2.75, 3.05) is 25.0 Å². The topological polar surface area (TPSA) is 28.5 Å². The lowest BCUT2D eigenvalue weighted by Gasteiger charge is -2.30. The molecule has 3 nitrogen and oxygen atoms in total. The summed E-state index contributed by atoms with van der Waals surface area (Å²) in [6, 6.07) is 9.08. The Bertz CT molecular complexity index is 462. The van der Waals surface area contributed by atoms with Crippen LogP contribution >= 0.6 is 12.2 Å². The molecule has 1 fully saturated rings. The van der Waals surface area contributed by atoms with Gasteiger partial charge in [-0.15, -0.1) is 0 Å². The zero-order chi connectivity index (χ0) is 15.9. The van der Waals surface area contributed by atoms with E-state index in [9.17, 15) is 0 Å². The number of piperidine rings is 1. The lowest BCUT2D eigenvalue weighted by molar-refractivity contribution is -0.905. The second kappa shape index (κ2) is 8.49. The fourth-order valence-electron chi connectivity index (χ4n) is 3.08. The molecule has 1 aromatic carbocycles. The zero-order valence-electron chi connectivity index (χ0n) is 14.1. The van der Waals surface area contributed by atoms with Crippen LogP contribution in [0.1, 0.15) is 51.5 Å². The first-order chi connectivity index (χ1) is 10.6. The van der Waals surface area contributed by atoms with Gasteiger partial charge in [0.2, 0.25) is 0 Å². The average Bonchev–Trinajstić information content (AvgIpc) is 2.50. The lowest BCUT2D eigenvalue weighted by atomic mass is 10.0. The van der Waals surface area contributed by atoms with Crippen LogP contribution in [0.4, 0.5) is 5.69 Å². The summed E-state index contributed by atoms with van der Waals surface area (Å²) in [5.74, 6) is 0.565. The van der Waals surface area contributed by atoms with Gasteiger partial charge in [0.05, 0.1) is 19.6 Å². The fraction of sp³-hybridized carbons (Fsp3) is 0.611. The molecule has 0 bridgehead atoms. The molecule has 1 aromatic rings. The molecule has 1 aliphatic heterocycles. The number of nitrogens with one attached hydrogen (secondary N) is 3. The highest BCUT2D eigenvalue weighted by Gasteiger charge is 2.21. The van der Waals surface area contributed by atoms with E-state index in [0.29, 0.717) is 12.0 Å². The lowest BCUT2D eigenvalue weighted by Crippen LogP contribution is -3.13. The van der Waals surface area contributed by atoms with Crippen molar-refractivity contribution < 1.29 is 4.90 Å². The number of benzene rings is 1. The summed E-state index contributed by atoms with van der Waals surface area (Å²) in [5.41, 5.74) is 2.42.